The highest BCUT2D eigenvalue weighted by Gasteiger charge is 2.40. The minimum atomic E-state index is -0.257. The van der Waals surface area contributed by atoms with E-state index >= 15 is 0 Å². The van der Waals surface area contributed by atoms with E-state index in [1.165, 1.54) is 36.0 Å². The Morgan fingerprint density at radius 2 is 1.51 bits per heavy atom. The van der Waals surface area contributed by atoms with Gasteiger partial charge in [-0.25, -0.2) is 0 Å². The van der Waals surface area contributed by atoms with Crippen LogP contribution in [0.2, 0.25) is 0 Å². The summed E-state index contributed by atoms with van der Waals surface area (Å²) in [6.45, 7) is 5.17. The summed E-state index contributed by atoms with van der Waals surface area (Å²) in [5.74, 6) is 0.766. The highest BCUT2D eigenvalue weighted by molar-refractivity contribution is 5.89. The van der Waals surface area contributed by atoms with Gasteiger partial charge in [0.25, 0.3) is 0 Å². The number of benzene rings is 3. The lowest BCUT2D eigenvalue weighted by Gasteiger charge is -2.35. The third-order valence-corrected chi connectivity index (χ3v) is 9.49. The average molecular weight is 550 g/mol. The molecular formula is C36H43N3O2. The van der Waals surface area contributed by atoms with Crippen LogP contribution in [0.5, 0.6) is 0 Å². The molecule has 2 atom stereocenters. The van der Waals surface area contributed by atoms with E-state index in [-0.39, 0.29) is 23.8 Å². The Balaban J connectivity index is 1.07. The predicted molar refractivity (Wildman–Crippen MR) is 163 cm³/mol. The molecule has 0 bridgehead atoms. The summed E-state index contributed by atoms with van der Waals surface area (Å²) in [6.07, 6.45) is 6.96. The number of fused-ring (bicyclic) bond motifs is 1. The van der Waals surface area contributed by atoms with Crippen LogP contribution in [0.4, 0.5) is 0 Å². The summed E-state index contributed by atoms with van der Waals surface area (Å²) in [5.41, 5.74) is 5.23. The number of rotatable bonds is 10. The molecule has 5 nitrogen and oxygen atoms in total. The van der Waals surface area contributed by atoms with Crippen LogP contribution in [-0.4, -0.2) is 59.2 Å². The van der Waals surface area contributed by atoms with Gasteiger partial charge >= 0.3 is 0 Å². The second-order valence-corrected chi connectivity index (χ2v) is 12.3. The maximum absolute atomic E-state index is 14.1. The second-order valence-electron chi connectivity index (χ2n) is 12.3. The first-order valence-corrected chi connectivity index (χ1v) is 15.6. The Kier molecular flexibility index (Phi) is 8.81. The van der Waals surface area contributed by atoms with E-state index in [4.69, 9.17) is 0 Å². The Morgan fingerprint density at radius 1 is 0.829 bits per heavy atom. The van der Waals surface area contributed by atoms with Crippen LogP contribution < -0.4 is 0 Å². The zero-order valence-corrected chi connectivity index (χ0v) is 24.2. The lowest BCUT2D eigenvalue weighted by Crippen LogP contribution is -2.42. The molecule has 2 fully saturated rings. The van der Waals surface area contributed by atoms with Crippen LogP contribution in [0.25, 0.3) is 0 Å². The highest BCUT2D eigenvalue weighted by Crippen LogP contribution is 2.37. The molecule has 5 heteroatoms. The van der Waals surface area contributed by atoms with Gasteiger partial charge < -0.3 is 14.7 Å². The molecule has 2 amide bonds. The lowest BCUT2D eigenvalue weighted by atomic mass is 9.90. The summed E-state index contributed by atoms with van der Waals surface area (Å²) >= 11 is 0. The van der Waals surface area contributed by atoms with Gasteiger partial charge in [0.1, 0.15) is 0 Å². The molecule has 2 unspecified atom stereocenters. The number of hydrogen-bond donors (Lipinski definition) is 0. The van der Waals surface area contributed by atoms with Crippen LogP contribution >= 0.6 is 0 Å². The van der Waals surface area contributed by atoms with Crippen LogP contribution in [0.1, 0.15) is 60.4 Å². The average Bonchev–Trinajstić information content (AvgIpc) is 3.60. The van der Waals surface area contributed by atoms with Gasteiger partial charge in [0, 0.05) is 26.1 Å². The van der Waals surface area contributed by atoms with Crippen LogP contribution in [0.15, 0.2) is 84.9 Å². The largest absolute Gasteiger partial charge is 0.338 e. The summed E-state index contributed by atoms with van der Waals surface area (Å²) in [6, 6.07) is 29.7. The molecule has 2 aliphatic heterocycles. The number of hydrogen-bond acceptors (Lipinski definition) is 3. The maximum atomic E-state index is 14.1. The summed E-state index contributed by atoms with van der Waals surface area (Å²) in [5, 5.41) is 0. The maximum Gasteiger partial charge on any atom is 0.228 e. The summed E-state index contributed by atoms with van der Waals surface area (Å²) < 4.78 is 0. The van der Waals surface area contributed by atoms with Gasteiger partial charge in [0.15, 0.2) is 0 Å². The molecule has 3 aromatic rings. The molecule has 1 aliphatic carbocycles. The smallest absolute Gasteiger partial charge is 0.228 e. The number of amides is 2. The normalized spacial score (nSPS) is 21.3. The van der Waals surface area contributed by atoms with Crippen LogP contribution in [0.3, 0.4) is 0 Å². The van der Waals surface area contributed by atoms with Crippen molar-refractivity contribution in [1.29, 1.82) is 0 Å². The van der Waals surface area contributed by atoms with Gasteiger partial charge in [-0.3, -0.25) is 9.59 Å². The first-order valence-electron chi connectivity index (χ1n) is 15.6. The first-order chi connectivity index (χ1) is 20.1. The fourth-order valence-electron chi connectivity index (χ4n) is 7.23. The zero-order chi connectivity index (χ0) is 28.0. The number of nitrogens with zero attached hydrogens (tertiary/aromatic N) is 3. The predicted octanol–water partition coefficient (Wildman–Crippen LogP) is 5.90. The minimum absolute atomic E-state index is 0.0948. The quantitative estimate of drug-likeness (QED) is 0.317. The monoisotopic (exact) mass is 549 g/mol. The Hall–Kier alpha value is -3.44. The standard InChI is InChI=1S/C36H43N3O2/c40-35-25-32(27-38(35)26-30-12-5-2-6-13-30)36(41)39(34-17-16-31-14-7-8-15-33(31)34)21-9-20-37-22-18-29(19-23-37)24-28-10-3-1-4-11-28/h1-8,10-15,29,32,34H,9,16-27H2. The number of likely N-dealkylation sites (tertiary alicyclic amines) is 2. The van der Waals surface area contributed by atoms with Gasteiger partial charge in [-0.05, 0) is 86.3 Å². The molecular weight excluding hydrogens is 506 g/mol. The highest BCUT2D eigenvalue weighted by atomic mass is 16.2. The van der Waals surface area contributed by atoms with Gasteiger partial charge in [-0.15, -0.1) is 0 Å². The molecule has 2 heterocycles. The van der Waals surface area contributed by atoms with Crippen molar-refractivity contribution in [2.24, 2.45) is 11.8 Å². The SMILES string of the molecule is O=C1CC(C(=O)N(CCCN2CCC(Cc3ccccc3)CC2)C2CCc3ccccc32)CN1Cc1ccccc1. The van der Waals surface area contributed by atoms with Crippen molar-refractivity contribution in [2.75, 3.05) is 32.7 Å². The fourth-order valence-corrected chi connectivity index (χ4v) is 7.23. The van der Waals surface area contributed by atoms with Crippen molar-refractivity contribution in [3.63, 3.8) is 0 Å². The molecule has 3 aliphatic rings. The van der Waals surface area contributed by atoms with E-state index < -0.39 is 0 Å². The van der Waals surface area contributed by atoms with E-state index in [2.05, 4.69) is 76.5 Å². The lowest BCUT2D eigenvalue weighted by molar-refractivity contribution is -0.138. The summed E-state index contributed by atoms with van der Waals surface area (Å²) in [7, 11) is 0. The van der Waals surface area contributed by atoms with E-state index in [1.807, 2.05) is 23.1 Å². The molecule has 214 valence electrons. The Labute approximate surface area is 245 Å². The van der Waals surface area contributed by atoms with Crippen molar-refractivity contribution >= 4 is 11.8 Å². The molecule has 3 aromatic carbocycles. The third-order valence-electron chi connectivity index (χ3n) is 9.49. The molecule has 41 heavy (non-hydrogen) atoms. The van der Waals surface area contributed by atoms with Crippen LogP contribution in [0, 0.1) is 11.8 Å². The van der Waals surface area contributed by atoms with Crippen molar-refractivity contribution < 1.29 is 9.59 Å². The van der Waals surface area contributed by atoms with E-state index in [1.54, 1.807) is 0 Å². The molecule has 0 N–H and O–H groups in total. The first kappa shape index (κ1) is 27.7. The fraction of sp³-hybridized carbons (Fsp3) is 0.444. The van der Waals surface area contributed by atoms with Gasteiger partial charge in [-0.2, -0.15) is 0 Å². The number of piperidine rings is 1. The van der Waals surface area contributed by atoms with E-state index in [0.29, 0.717) is 19.5 Å². The van der Waals surface area contributed by atoms with E-state index in [0.717, 1.165) is 56.9 Å². The molecule has 0 saturated carbocycles. The molecule has 0 aromatic heterocycles. The van der Waals surface area contributed by atoms with E-state index in [9.17, 15) is 9.59 Å². The molecule has 0 radical (unpaired) electrons. The molecule has 6 rings (SSSR count). The second kappa shape index (κ2) is 13.0. The Morgan fingerprint density at radius 3 is 2.27 bits per heavy atom. The van der Waals surface area contributed by atoms with Crippen molar-refractivity contribution in [2.45, 2.75) is 57.5 Å². The van der Waals surface area contributed by atoms with Crippen LogP contribution in [-0.2, 0) is 29.0 Å². The topological polar surface area (TPSA) is 43.9 Å². The third kappa shape index (κ3) is 6.73. The number of carbonyl (C=O) groups excluding carboxylic acids is 2. The zero-order valence-electron chi connectivity index (χ0n) is 24.2. The number of aryl methyl sites for hydroxylation is 1. The molecule has 2 saturated heterocycles. The summed E-state index contributed by atoms with van der Waals surface area (Å²) in [4.78, 5) is 33.7. The number of carbonyl (C=O) groups is 2. The minimum Gasteiger partial charge on any atom is -0.338 e. The van der Waals surface area contributed by atoms with Gasteiger partial charge in [-0.1, -0.05) is 84.9 Å². The van der Waals surface area contributed by atoms with Crippen molar-refractivity contribution in [3.8, 4) is 0 Å². The van der Waals surface area contributed by atoms with Gasteiger partial charge in [0.2, 0.25) is 11.8 Å². The van der Waals surface area contributed by atoms with Crippen molar-refractivity contribution in [1.82, 2.24) is 14.7 Å². The Bertz CT molecular complexity index is 1300. The molecule has 0 spiro atoms. The van der Waals surface area contributed by atoms with Crippen molar-refractivity contribution in [3.05, 3.63) is 107 Å². The van der Waals surface area contributed by atoms with Gasteiger partial charge in [0.05, 0.1) is 12.0 Å².